The van der Waals surface area contributed by atoms with Crippen molar-refractivity contribution in [2.45, 2.75) is 44.6 Å². The predicted molar refractivity (Wildman–Crippen MR) is 105 cm³/mol. The molecule has 3 aromatic rings. The van der Waals surface area contributed by atoms with Crippen molar-refractivity contribution in [1.29, 1.82) is 0 Å². The third-order valence-corrected chi connectivity index (χ3v) is 4.78. The Hall–Kier alpha value is -2.24. The average molecular weight is 356 g/mol. The van der Waals surface area contributed by atoms with Crippen LogP contribution in [0.5, 0.6) is 0 Å². The minimum atomic E-state index is -2.05. The maximum Gasteiger partial charge on any atom is 0.121 e. The fourth-order valence-corrected chi connectivity index (χ4v) is 3.53. The summed E-state index contributed by atoms with van der Waals surface area (Å²) in [5.41, 5.74) is 7.82. The first kappa shape index (κ1) is 11.5. The summed E-state index contributed by atoms with van der Waals surface area (Å²) in [6, 6.07) is 2.40. The topological polar surface area (TPSA) is 70.8 Å². The second-order valence-corrected chi connectivity index (χ2v) is 6.57. The van der Waals surface area contributed by atoms with Gasteiger partial charge in [0, 0.05) is 6.20 Å². The molecule has 26 heavy (non-hydrogen) atoms. The van der Waals surface area contributed by atoms with Gasteiger partial charge in [-0.1, -0.05) is 18.2 Å². The number of H-pyrrole nitrogens is 1. The molecule has 0 aliphatic heterocycles. The van der Waals surface area contributed by atoms with Crippen LogP contribution in [0.4, 0.5) is 0 Å². The number of pyridine rings is 1. The number of hydrogen-bond donors (Lipinski definition) is 2. The van der Waals surface area contributed by atoms with Gasteiger partial charge in [-0.25, -0.2) is 4.98 Å². The molecule has 0 fully saturated rings. The highest BCUT2D eigenvalue weighted by molar-refractivity contribution is 5.74. The molecule has 4 rings (SSSR count). The summed E-state index contributed by atoms with van der Waals surface area (Å²) >= 11 is 0. The molecule has 0 radical (unpaired) electrons. The van der Waals surface area contributed by atoms with Crippen molar-refractivity contribution in [2.24, 2.45) is 5.73 Å². The molecule has 1 aliphatic carbocycles. The number of para-hydroxylation sites is 2. The van der Waals surface area contributed by atoms with Gasteiger partial charge in [-0.05, 0) is 68.9 Å². The number of unbranched alkanes of at least 4 members (excludes halogenated alkanes) is 1. The number of aromatic nitrogens is 3. The fourth-order valence-electron chi connectivity index (χ4n) is 3.53. The van der Waals surface area contributed by atoms with Crippen LogP contribution in [-0.2, 0) is 12.9 Å². The Morgan fingerprint density at radius 2 is 2.27 bits per heavy atom. The quantitative estimate of drug-likeness (QED) is 0.636. The van der Waals surface area contributed by atoms with Gasteiger partial charge in [0.05, 0.1) is 37.5 Å². The number of benzene rings is 1. The molecule has 5 nitrogen and oxygen atoms in total. The zero-order chi connectivity index (χ0) is 23.0. The van der Waals surface area contributed by atoms with Crippen molar-refractivity contribution in [3.63, 3.8) is 0 Å². The lowest BCUT2D eigenvalue weighted by Crippen LogP contribution is -2.33. The van der Waals surface area contributed by atoms with Gasteiger partial charge in [0.2, 0.25) is 0 Å². The summed E-state index contributed by atoms with van der Waals surface area (Å²) in [7, 11) is 0. The van der Waals surface area contributed by atoms with Gasteiger partial charge in [0.15, 0.2) is 0 Å². The molecule has 5 heteroatoms. The first-order valence-corrected chi connectivity index (χ1v) is 9.14. The molecule has 0 spiro atoms. The van der Waals surface area contributed by atoms with E-state index in [1.54, 1.807) is 11.1 Å². The van der Waals surface area contributed by atoms with E-state index in [1.807, 2.05) is 12.1 Å². The zero-order valence-corrected chi connectivity index (χ0v) is 14.7. The van der Waals surface area contributed by atoms with Crippen molar-refractivity contribution in [3.8, 4) is 0 Å². The van der Waals surface area contributed by atoms with Crippen LogP contribution < -0.4 is 5.73 Å². The number of fused-ring (bicyclic) bond motifs is 2. The van der Waals surface area contributed by atoms with Crippen LogP contribution in [0, 0.1) is 0 Å². The third-order valence-electron chi connectivity index (χ3n) is 4.78. The standard InChI is InChI=1S/C21H27N5/c22-12-3-4-14-26(15-20-24-17-9-1-2-10-18(17)25-20)19-11-5-7-16-8-6-13-23-21(16)19/h1-2,6,8-10,13,19H,3-5,7,11-12,14-15,22H2,(H,24,25)/t19-/m0/s1/i1D,2D,9D,10D,15D2. The maximum absolute atomic E-state index is 9.04. The third kappa shape index (κ3) is 3.64. The Kier molecular flexibility index (Phi) is 3.52. The van der Waals surface area contributed by atoms with Crippen molar-refractivity contribution in [3.05, 3.63) is 59.6 Å². The van der Waals surface area contributed by atoms with Gasteiger partial charge in [-0.2, -0.15) is 0 Å². The zero-order valence-electron chi connectivity index (χ0n) is 20.7. The van der Waals surface area contributed by atoms with E-state index < -0.39 is 6.50 Å². The molecule has 1 atom stereocenters. The minimum absolute atomic E-state index is 0.0321. The van der Waals surface area contributed by atoms with Crippen LogP contribution in [0.25, 0.3) is 11.0 Å². The number of aryl methyl sites for hydroxylation is 1. The van der Waals surface area contributed by atoms with Crippen LogP contribution in [0.15, 0.2) is 42.5 Å². The van der Waals surface area contributed by atoms with E-state index in [0.717, 1.165) is 36.9 Å². The highest BCUT2D eigenvalue weighted by Crippen LogP contribution is 2.33. The summed E-state index contributed by atoms with van der Waals surface area (Å²) in [6.45, 7) is -1.09. The summed E-state index contributed by atoms with van der Waals surface area (Å²) in [5, 5.41) is 0. The smallest absolute Gasteiger partial charge is 0.121 e. The molecule has 0 saturated carbocycles. The van der Waals surface area contributed by atoms with Gasteiger partial charge < -0.3 is 10.7 Å². The number of nitrogens with zero attached hydrogens (tertiary/aromatic N) is 3. The summed E-state index contributed by atoms with van der Waals surface area (Å²) in [4.78, 5) is 13.5. The number of nitrogens with two attached hydrogens (primary N) is 1. The van der Waals surface area contributed by atoms with Gasteiger partial charge in [-0.3, -0.25) is 9.88 Å². The molecule has 2 heterocycles. The second-order valence-electron chi connectivity index (χ2n) is 6.57. The molecule has 0 bridgehead atoms. The Labute approximate surface area is 163 Å². The van der Waals surface area contributed by atoms with Crippen LogP contribution in [0.1, 0.15) is 57.0 Å². The Morgan fingerprint density at radius 1 is 1.35 bits per heavy atom. The van der Waals surface area contributed by atoms with E-state index in [1.165, 1.54) is 0 Å². The number of imidazole rings is 1. The number of rotatable bonds is 7. The van der Waals surface area contributed by atoms with Crippen molar-refractivity contribution in [1.82, 2.24) is 19.9 Å². The van der Waals surface area contributed by atoms with Crippen molar-refractivity contribution >= 4 is 11.0 Å². The van der Waals surface area contributed by atoms with Crippen molar-refractivity contribution < 1.29 is 8.22 Å². The Bertz CT molecular complexity index is 1090. The molecule has 0 unspecified atom stereocenters. The predicted octanol–water partition coefficient (Wildman–Crippen LogP) is 3.58. The molecule has 136 valence electrons. The first-order valence-electron chi connectivity index (χ1n) is 12.1. The fraction of sp³-hybridized carbons (Fsp3) is 0.429. The molecule has 1 aromatic carbocycles. The van der Waals surface area contributed by atoms with E-state index in [0.29, 0.717) is 19.5 Å². The van der Waals surface area contributed by atoms with E-state index >= 15 is 0 Å². The first-order chi connectivity index (χ1) is 15.3. The average Bonchev–Trinajstić information content (AvgIpc) is 3.25. The molecular formula is C21H27N5. The number of nitrogens with one attached hydrogen (secondary N) is 1. The van der Waals surface area contributed by atoms with Crippen molar-refractivity contribution in [2.75, 3.05) is 13.1 Å². The van der Waals surface area contributed by atoms with Gasteiger partial charge >= 0.3 is 0 Å². The molecule has 1 aliphatic rings. The molecule has 3 N–H and O–H groups in total. The van der Waals surface area contributed by atoms with E-state index in [2.05, 4.69) is 15.0 Å². The normalized spacial score (nSPS) is 20.8. The SMILES string of the molecule is [2H]c1c([2H])c([2H])c2[nH]c(C([2H])([2H])N(CCCCN)[C@H]3CCCc4cccnc43)nc2c1[2H]. The lowest BCUT2D eigenvalue weighted by atomic mass is 9.90. The van der Waals surface area contributed by atoms with E-state index in [9.17, 15) is 0 Å². The van der Waals surface area contributed by atoms with E-state index in [4.69, 9.17) is 14.0 Å². The second kappa shape index (κ2) is 7.98. The monoisotopic (exact) mass is 355 g/mol. The lowest BCUT2D eigenvalue weighted by Gasteiger charge is -2.34. The van der Waals surface area contributed by atoms with Crippen LogP contribution in [0.3, 0.4) is 0 Å². The van der Waals surface area contributed by atoms with Gasteiger partial charge in [-0.15, -0.1) is 0 Å². The summed E-state index contributed by atoms with van der Waals surface area (Å²) < 4.78 is 50.2. The highest BCUT2D eigenvalue weighted by atomic mass is 15.2. The van der Waals surface area contributed by atoms with Gasteiger partial charge in [0.1, 0.15) is 5.82 Å². The Morgan fingerprint density at radius 3 is 3.19 bits per heavy atom. The molecule has 0 saturated heterocycles. The van der Waals surface area contributed by atoms with Gasteiger partial charge in [0.25, 0.3) is 0 Å². The number of aromatic amines is 1. The number of hydrogen-bond acceptors (Lipinski definition) is 4. The Balaban J connectivity index is 1.81. The molecule has 0 amide bonds. The van der Waals surface area contributed by atoms with Crippen LogP contribution in [-0.4, -0.2) is 32.9 Å². The highest BCUT2D eigenvalue weighted by Gasteiger charge is 2.27. The van der Waals surface area contributed by atoms with Crippen LogP contribution in [0.2, 0.25) is 0 Å². The van der Waals surface area contributed by atoms with Crippen LogP contribution >= 0.6 is 0 Å². The molecule has 2 aromatic heterocycles. The van der Waals surface area contributed by atoms with E-state index in [-0.39, 0.29) is 47.1 Å². The minimum Gasteiger partial charge on any atom is -0.341 e. The summed E-state index contributed by atoms with van der Waals surface area (Å²) in [5.74, 6) is -0.0321. The maximum atomic E-state index is 9.04. The lowest BCUT2D eigenvalue weighted by molar-refractivity contribution is 0.159. The molecular weight excluding hydrogens is 322 g/mol. The summed E-state index contributed by atoms with van der Waals surface area (Å²) in [6.07, 6.45) is 5.78. The largest absolute Gasteiger partial charge is 0.341 e.